The summed E-state index contributed by atoms with van der Waals surface area (Å²) in [5.41, 5.74) is 0.348. The van der Waals surface area contributed by atoms with E-state index in [0.717, 1.165) is 10.6 Å². The van der Waals surface area contributed by atoms with Gasteiger partial charge in [0.1, 0.15) is 18.4 Å². The Balaban J connectivity index is 2.43. The molecule has 7 nitrogen and oxygen atoms in total. The summed E-state index contributed by atoms with van der Waals surface area (Å²) in [6.45, 7) is 6.75. The molecule has 0 aliphatic rings. The minimum atomic E-state index is -3.83. The molecule has 2 aromatic rings. The fraction of sp³-hybridized carbons (Fsp3) is 0.417. The van der Waals surface area contributed by atoms with E-state index in [2.05, 4.69) is 5.32 Å². The second-order valence-corrected chi connectivity index (χ2v) is 11.4. The summed E-state index contributed by atoms with van der Waals surface area (Å²) in [7, 11) is -3.83. The van der Waals surface area contributed by atoms with Crippen molar-refractivity contribution >= 4 is 39.1 Å². The second kappa shape index (κ2) is 11.2. The van der Waals surface area contributed by atoms with Crippen molar-refractivity contribution in [2.75, 3.05) is 17.1 Å². The molecule has 186 valence electrons. The third-order valence-corrected chi connectivity index (χ3v) is 6.34. The lowest BCUT2D eigenvalue weighted by Gasteiger charge is -2.34. The van der Waals surface area contributed by atoms with Gasteiger partial charge in [0, 0.05) is 17.1 Å². The Morgan fingerprint density at radius 1 is 1.06 bits per heavy atom. The van der Waals surface area contributed by atoms with Gasteiger partial charge in [-0.3, -0.25) is 13.9 Å². The van der Waals surface area contributed by atoms with E-state index in [1.807, 2.05) is 20.8 Å². The van der Waals surface area contributed by atoms with Crippen LogP contribution in [0.15, 0.2) is 48.5 Å². The molecule has 0 saturated heterocycles. The van der Waals surface area contributed by atoms with Gasteiger partial charge < -0.3 is 10.2 Å². The van der Waals surface area contributed by atoms with Gasteiger partial charge in [0.25, 0.3) is 0 Å². The van der Waals surface area contributed by atoms with Crippen molar-refractivity contribution in [1.82, 2.24) is 10.2 Å². The number of rotatable bonds is 9. The van der Waals surface area contributed by atoms with Gasteiger partial charge in [-0.1, -0.05) is 30.7 Å². The van der Waals surface area contributed by atoms with Gasteiger partial charge >= 0.3 is 0 Å². The summed E-state index contributed by atoms with van der Waals surface area (Å²) in [4.78, 5) is 27.9. The zero-order valence-corrected chi connectivity index (χ0v) is 21.6. The standard InChI is InChI=1S/C24H31ClFN3O4S/c1-6-21(23(31)27-24(2,3)4)28(15-17-7-11-19(26)12-8-17)22(30)16-29(34(5,32)33)20-13-9-18(25)10-14-20/h7-14,21H,6,15-16H2,1-5H3,(H,27,31). The number of hydrogen-bond acceptors (Lipinski definition) is 4. The molecule has 1 atom stereocenters. The van der Waals surface area contributed by atoms with E-state index in [9.17, 15) is 22.4 Å². The number of nitrogens with one attached hydrogen (secondary N) is 1. The summed E-state index contributed by atoms with van der Waals surface area (Å²) in [6.07, 6.45) is 1.30. The van der Waals surface area contributed by atoms with Gasteiger partial charge in [0.15, 0.2) is 0 Å². The molecule has 34 heavy (non-hydrogen) atoms. The number of carbonyl (C=O) groups excluding carboxylic acids is 2. The summed E-state index contributed by atoms with van der Waals surface area (Å²) in [5, 5.41) is 3.31. The van der Waals surface area contributed by atoms with Gasteiger partial charge in [-0.05, 0) is 69.2 Å². The lowest BCUT2D eigenvalue weighted by molar-refractivity contribution is -0.141. The number of amides is 2. The molecule has 1 unspecified atom stereocenters. The summed E-state index contributed by atoms with van der Waals surface area (Å²) in [5.74, 6) is -1.35. The molecule has 0 heterocycles. The van der Waals surface area contributed by atoms with Gasteiger partial charge in [-0.15, -0.1) is 0 Å². The summed E-state index contributed by atoms with van der Waals surface area (Å²) in [6, 6.07) is 10.8. The Kier molecular flexibility index (Phi) is 9.08. The van der Waals surface area contributed by atoms with Crippen molar-refractivity contribution < 1.29 is 22.4 Å². The van der Waals surface area contributed by atoms with E-state index < -0.39 is 39.9 Å². The van der Waals surface area contributed by atoms with Crippen LogP contribution in [0.5, 0.6) is 0 Å². The average Bonchev–Trinajstić information content (AvgIpc) is 2.72. The minimum absolute atomic E-state index is 0.00734. The van der Waals surface area contributed by atoms with E-state index in [0.29, 0.717) is 17.0 Å². The molecule has 10 heteroatoms. The highest BCUT2D eigenvalue weighted by Gasteiger charge is 2.33. The summed E-state index contributed by atoms with van der Waals surface area (Å²) >= 11 is 5.92. The highest BCUT2D eigenvalue weighted by atomic mass is 35.5. The number of benzene rings is 2. The van der Waals surface area contributed by atoms with Crippen molar-refractivity contribution in [2.45, 2.75) is 52.2 Å². The van der Waals surface area contributed by atoms with Crippen LogP contribution in [0.3, 0.4) is 0 Å². The molecule has 0 aliphatic carbocycles. The van der Waals surface area contributed by atoms with Gasteiger partial charge in [-0.25, -0.2) is 12.8 Å². The second-order valence-electron chi connectivity index (χ2n) is 9.06. The maximum atomic E-state index is 13.5. The molecule has 2 aromatic carbocycles. The highest BCUT2D eigenvalue weighted by molar-refractivity contribution is 7.92. The number of hydrogen-bond donors (Lipinski definition) is 1. The van der Waals surface area contributed by atoms with Crippen LogP contribution in [-0.4, -0.2) is 49.5 Å². The molecule has 0 fully saturated rings. The molecule has 0 radical (unpaired) electrons. The summed E-state index contributed by atoms with van der Waals surface area (Å²) < 4.78 is 39.4. The van der Waals surface area contributed by atoms with Crippen molar-refractivity contribution in [2.24, 2.45) is 0 Å². The van der Waals surface area contributed by atoms with E-state index in [1.54, 1.807) is 6.92 Å². The van der Waals surface area contributed by atoms with Crippen LogP contribution < -0.4 is 9.62 Å². The quantitative estimate of drug-likeness (QED) is 0.552. The number of anilines is 1. The molecule has 0 spiro atoms. The van der Waals surface area contributed by atoms with E-state index in [-0.39, 0.29) is 18.1 Å². The number of nitrogens with zero attached hydrogens (tertiary/aromatic N) is 2. The zero-order valence-electron chi connectivity index (χ0n) is 20.0. The third kappa shape index (κ3) is 7.99. The Morgan fingerprint density at radius 3 is 2.09 bits per heavy atom. The maximum absolute atomic E-state index is 13.5. The van der Waals surface area contributed by atoms with Crippen LogP contribution in [-0.2, 0) is 26.2 Å². The maximum Gasteiger partial charge on any atom is 0.244 e. The first-order chi connectivity index (χ1) is 15.7. The number of sulfonamides is 1. The third-order valence-electron chi connectivity index (χ3n) is 4.94. The lowest BCUT2D eigenvalue weighted by Crippen LogP contribution is -2.55. The first kappa shape index (κ1) is 27.6. The van der Waals surface area contributed by atoms with Crippen molar-refractivity contribution in [3.63, 3.8) is 0 Å². The van der Waals surface area contributed by atoms with Crippen LogP contribution in [0.1, 0.15) is 39.7 Å². The number of carbonyl (C=O) groups is 2. The Morgan fingerprint density at radius 2 is 1.62 bits per heavy atom. The Bertz CT molecular complexity index is 1100. The van der Waals surface area contributed by atoms with Crippen LogP contribution >= 0.6 is 11.6 Å². The molecule has 0 aromatic heterocycles. The van der Waals surface area contributed by atoms with Gasteiger partial charge in [0.05, 0.1) is 11.9 Å². The first-order valence-corrected chi connectivity index (χ1v) is 13.0. The van der Waals surface area contributed by atoms with Crippen LogP contribution in [0.25, 0.3) is 0 Å². The van der Waals surface area contributed by atoms with Crippen LogP contribution in [0, 0.1) is 5.82 Å². The topological polar surface area (TPSA) is 86.8 Å². The smallest absolute Gasteiger partial charge is 0.244 e. The molecular formula is C24H31ClFN3O4S. The van der Waals surface area contributed by atoms with Crippen molar-refractivity contribution in [1.29, 1.82) is 0 Å². The Labute approximate surface area is 205 Å². The Hall–Kier alpha value is -2.65. The van der Waals surface area contributed by atoms with E-state index in [4.69, 9.17) is 11.6 Å². The first-order valence-electron chi connectivity index (χ1n) is 10.8. The SMILES string of the molecule is CCC(C(=O)NC(C)(C)C)N(Cc1ccc(F)cc1)C(=O)CN(c1ccc(Cl)cc1)S(C)(=O)=O. The average molecular weight is 512 g/mol. The monoisotopic (exact) mass is 511 g/mol. The molecule has 2 rings (SSSR count). The molecule has 1 N–H and O–H groups in total. The van der Waals surface area contributed by atoms with Crippen LogP contribution in [0.2, 0.25) is 5.02 Å². The normalized spacial score (nSPS) is 12.7. The fourth-order valence-electron chi connectivity index (χ4n) is 3.38. The molecular weight excluding hydrogens is 481 g/mol. The molecule has 0 aliphatic heterocycles. The van der Waals surface area contributed by atoms with Gasteiger partial charge in [0.2, 0.25) is 21.8 Å². The van der Waals surface area contributed by atoms with E-state index in [1.165, 1.54) is 53.4 Å². The number of halogens is 2. The van der Waals surface area contributed by atoms with E-state index >= 15 is 0 Å². The molecule has 0 saturated carbocycles. The predicted octanol–water partition coefficient (Wildman–Crippen LogP) is 3.97. The van der Waals surface area contributed by atoms with Crippen LogP contribution in [0.4, 0.5) is 10.1 Å². The minimum Gasteiger partial charge on any atom is -0.350 e. The highest BCUT2D eigenvalue weighted by Crippen LogP contribution is 2.22. The van der Waals surface area contributed by atoms with Crippen molar-refractivity contribution in [3.8, 4) is 0 Å². The zero-order chi connectivity index (χ0) is 25.7. The largest absolute Gasteiger partial charge is 0.350 e. The van der Waals surface area contributed by atoms with Crippen molar-refractivity contribution in [3.05, 3.63) is 64.9 Å². The molecule has 2 amide bonds. The van der Waals surface area contributed by atoms with Gasteiger partial charge in [-0.2, -0.15) is 0 Å². The lowest BCUT2D eigenvalue weighted by atomic mass is 10.1. The molecule has 0 bridgehead atoms. The fourth-order valence-corrected chi connectivity index (χ4v) is 4.36. The predicted molar refractivity (Wildman–Crippen MR) is 133 cm³/mol.